The van der Waals surface area contributed by atoms with Crippen LogP contribution in [0.1, 0.15) is 31.7 Å². The number of piperazine rings is 1. The molecule has 4 heterocycles. The summed E-state index contributed by atoms with van der Waals surface area (Å²) < 4.78 is 81.4. The first-order chi connectivity index (χ1) is 18.3. The molecule has 1 N–H and O–H groups in total. The van der Waals surface area contributed by atoms with Crippen molar-refractivity contribution >= 4 is 23.3 Å². The lowest BCUT2D eigenvalue weighted by Gasteiger charge is -2.32. The average molecular weight is 555 g/mol. The summed E-state index contributed by atoms with van der Waals surface area (Å²) in [6.45, 7) is 2.72. The van der Waals surface area contributed by atoms with Gasteiger partial charge in [-0.15, -0.1) is 0 Å². The Morgan fingerprint density at radius 3 is 2.59 bits per heavy atom. The van der Waals surface area contributed by atoms with Gasteiger partial charge in [-0.05, 0) is 32.5 Å². The van der Waals surface area contributed by atoms with Crippen LogP contribution in [0.4, 0.5) is 33.5 Å². The van der Waals surface area contributed by atoms with Crippen molar-refractivity contribution in [1.29, 1.82) is 0 Å². The molecule has 8 nitrogen and oxygen atoms in total. The van der Waals surface area contributed by atoms with Crippen LogP contribution in [-0.2, 0) is 14.3 Å². The van der Waals surface area contributed by atoms with Gasteiger partial charge in [-0.25, -0.2) is 9.37 Å². The zero-order valence-electron chi connectivity index (χ0n) is 21.6. The third-order valence-corrected chi connectivity index (χ3v) is 8.24. The number of benzene rings is 1. The third kappa shape index (κ3) is 4.22. The minimum atomic E-state index is -4.88. The molecule has 3 fully saturated rings. The van der Waals surface area contributed by atoms with Gasteiger partial charge in [0.05, 0.1) is 19.2 Å². The quantitative estimate of drug-likeness (QED) is 0.566. The number of hydrogen-bond acceptors (Lipinski definition) is 6. The molecule has 2 amide bonds. The summed E-state index contributed by atoms with van der Waals surface area (Å²) in [7, 11) is 2.92. The van der Waals surface area contributed by atoms with Gasteiger partial charge in [0, 0.05) is 41.9 Å². The molecule has 5 rings (SSSR count). The van der Waals surface area contributed by atoms with E-state index < -0.39 is 53.0 Å². The third-order valence-electron chi connectivity index (χ3n) is 8.24. The number of likely N-dealkylation sites (tertiary alicyclic amines) is 1. The molecular weight excluding hydrogens is 527 g/mol. The Balaban J connectivity index is 1.47. The first-order valence-corrected chi connectivity index (χ1v) is 12.3. The van der Waals surface area contributed by atoms with E-state index in [1.807, 2.05) is 11.9 Å². The molecule has 0 aliphatic carbocycles. The summed E-state index contributed by atoms with van der Waals surface area (Å²) in [6.07, 6.45) is -4.59. The molecule has 0 saturated carbocycles. The smallest absolute Gasteiger partial charge is 0.417 e. The van der Waals surface area contributed by atoms with Crippen LogP contribution < -0.4 is 15.0 Å². The number of amides is 2. The summed E-state index contributed by atoms with van der Waals surface area (Å²) in [4.78, 5) is 34.0. The van der Waals surface area contributed by atoms with Crippen LogP contribution in [-0.4, -0.2) is 72.4 Å². The van der Waals surface area contributed by atoms with E-state index in [2.05, 4.69) is 10.3 Å². The summed E-state index contributed by atoms with van der Waals surface area (Å²) in [6, 6.07) is 4.43. The average Bonchev–Trinajstić information content (AvgIpc) is 3.49. The van der Waals surface area contributed by atoms with Crippen LogP contribution in [0.5, 0.6) is 5.75 Å². The van der Waals surface area contributed by atoms with Gasteiger partial charge in [-0.3, -0.25) is 19.4 Å². The molecule has 3 aliphatic rings. The second kappa shape index (κ2) is 9.40. The standard InChI is InChI=1S/C26H27F5N4O4/c1-12-19(15-5-6-16(27)20(28)21(15)38-4)22(39-25(12,2)26(29,30)31)23(36)33-13-7-8-32-18(9-13)35-14-10-17(24(35)37)34(3)11-14/h5-9,12,14,17,19,22H,10-11H2,1-4H3,(H,32,33,36)/t12-,14-,17-,19-,22+,25+/m0/s1. The highest BCUT2D eigenvalue weighted by Crippen LogP contribution is 2.55. The molecule has 210 valence electrons. The number of pyridine rings is 1. The van der Waals surface area contributed by atoms with E-state index in [1.54, 1.807) is 4.90 Å². The zero-order valence-corrected chi connectivity index (χ0v) is 21.6. The van der Waals surface area contributed by atoms with Crippen LogP contribution >= 0.6 is 0 Å². The maximum Gasteiger partial charge on any atom is 0.417 e. The molecule has 6 atom stereocenters. The molecule has 0 spiro atoms. The van der Waals surface area contributed by atoms with Crippen molar-refractivity contribution in [3.8, 4) is 5.75 Å². The van der Waals surface area contributed by atoms with Gasteiger partial charge in [0.15, 0.2) is 17.2 Å². The lowest BCUT2D eigenvalue weighted by Crippen LogP contribution is -2.49. The molecule has 13 heteroatoms. The van der Waals surface area contributed by atoms with Crippen molar-refractivity contribution in [2.75, 3.05) is 30.9 Å². The van der Waals surface area contributed by atoms with Crippen LogP contribution in [0.2, 0.25) is 0 Å². The van der Waals surface area contributed by atoms with E-state index in [9.17, 15) is 31.5 Å². The Morgan fingerprint density at radius 1 is 1.26 bits per heavy atom. The number of aromatic nitrogens is 1. The predicted octanol–water partition coefficient (Wildman–Crippen LogP) is 3.87. The number of nitrogens with one attached hydrogen (secondary N) is 1. The summed E-state index contributed by atoms with van der Waals surface area (Å²) in [5.41, 5.74) is -2.72. The van der Waals surface area contributed by atoms with Gasteiger partial charge in [0.25, 0.3) is 5.91 Å². The number of halogens is 5. The van der Waals surface area contributed by atoms with E-state index in [1.165, 1.54) is 25.3 Å². The number of fused-ring (bicyclic) bond motifs is 2. The normalized spacial score (nSPS) is 30.7. The number of anilines is 2. The molecule has 2 bridgehead atoms. The van der Waals surface area contributed by atoms with Gasteiger partial charge in [-0.1, -0.05) is 13.0 Å². The fourth-order valence-electron chi connectivity index (χ4n) is 5.97. The lowest BCUT2D eigenvalue weighted by atomic mass is 9.77. The van der Waals surface area contributed by atoms with Crippen molar-refractivity contribution < 1.29 is 41.0 Å². The van der Waals surface area contributed by atoms with E-state index >= 15 is 0 Å². The van der Waals surface area contributed by atoms with Crippen LogP contribution in [0.3, 0.4) is 0 Å². The number of alkyl halides is 3. The van der Waals surface area contributed by atoms with Gasteiger partial charge in [0.2, 0.25) is 11.7 Å². The number of rotatable bonds is 5. The maximum absolute atomic E-state index is 14.6. The number of hydrogen-bond donors (Lipinski definition) is 1. The van der Waals surface area contributed by atoms with E-state index in [0.29, 0.717) is 18.8 Å². The maximum atomic E-state index is 14.6. The number of carbonyl (C=O) groups is 2. The van der Waals surface area contributed by atoms with Crippen LogP contribution in [0.15, 0.2) is 30.5 Å². The Bertz CT molecular complexity index is 1320. The zero-order chi connectivity index (χ0) is 28.4. The number of ether oxygens (including phenoxy) is 2. The second-order valence-electron chi connectivity index (χ2n) is 10.4. The minimum Gasteiger partial charge on any atom is -0.493 e. The molecular formula is C26H27F5N4O4. The number of methoxy groups -OCH3 is 1. The topological polar surface area (TPSA) is 84.0 Å². The molecule has 1 aromatic carbocycles. The van der Waals surface area contributed by atoms with Crippen molar-refractivity contribution in [1.82, 2.24) is 9.88 Å². The fourth-order valence-corrected chi connectivity index (χ4v) is 5.97. The molecule has 0 unspecified atom stereocenters. The van der Waals surface area contributed by atoms with Gasteiger partial charge in [-0.2, -0.15) is 17.6 Å². The summed E-state index contributed by atoms with van der Waals surface area (Å²) in [5, 5.41) is 2.56. The number of carbonyl (C=O) groups excluding carboxylic acids is 2. The van der Waals surface area contributed by atoms with Crippen LogP contribution in [0, 0.1) is 17.6 Å². The highest BCUT2D eigenvalue weighted by atomic mass is 19.4. The molecule has 3 aliphatic heterocycles. The summed E-state index contributed by atoms with van der Waals surface area (Å²) >= 11 is 0. The van der Waals surface area contributed by atoms with Crippen molar-refractivity contribution in [3.63, 3.8) is 0 Å². The van der Waals surface area contributed by atoms with Crippen molar-refractivity contribution in [3.05, 3.63) is 47.7 Å². The second-order valence-corrected chi connectivity index (χ2v) is 10.4. The molecule has 1 aromatic heterocycles. The molecule has 3 saturated heterocycles. The first kappa shape index (κ1) is 27.3. The van der Waals surface area contributed by atoms with Crippen LogP contribution in [0.25, 0.3) is 0 Å². The Labute approximate surface area is 221 Å². The van der Waals surface area contributed by atoms with Gasteiger partial charge in [0.1, 0.15) is 11.9 Å². The molecule has 0 radical (unpaired) electrons. The van der Waals surface area contributed by atoms with E-state index in [4.69, 9.17) is 9.47 Å². The van der Waals surface area contributed by atoms with Crippen molar-refractivity contribution in [2.45, 2.75) is 56.2 Å². The first-order valence-electron chi connectivity index (χ1n) is 12.3. The van der Waals surface area contributed by atoms with Gasteiger partial charge < -0.3 is 14.8 Å². The highest BCUT2D eigenvalue weighted by Gasteiger charge is 2.66. The fraction of sp³-hybridized carbons (Fsp3) is 0.500. The Hall–Kier alpha value is -3.32. The highest BCUT2D eigenvalue weighted by molar-refractivity contribution is 6.01. The molecule has 2 aromatic rings. The monoisotopic (exact) mass is 554 g/mol. The largest absolute Gasteiger partial charge is 0.493 e. The molecule has 39 heavy (non-hydrogen) atoms. The lowest BCUT2D eigenvalue weighted by molar-refractivity contribution is -0.272. The van der Waals surface area contributed by atoms with Crippen molar-refractivity contribution in [2.24, 2.45) is 5.92 Å². The summed E-state index contributed by atoms with van der Waals surface area (Å²) in [5.74, 6) is -6.69. The number of nitrogens with zero attached hydrogens (tertiary/aromatic N) is 3. The number of likely N-dealkylation sites (N-methyl/N-ethyl adjacent to an activating group) is 1. The van der Waals surface area contributed by atoms with E-state index in [-0.39, 0.29) is 29.2 Å². The Kier molecular flexibility index (Phi) is 6.57. The predicted molar refractivity (Wildman–Crippen MR) is 129 cm³/mol. The SMILES string of the molecule is COc1c([C@H]2[C@H](C(=O)Nc3ccnc(N4C(=O)[C@@H]5C[C@H]4CN5C)c3)O[C@@](C)(C(F)(F)F)[C@H]2C)ccc(F)c1F. The minimum absolute atomic E-state index is 0.0809. The van der Waals surface area contributed by atoms with Gasteiger partial charge >= 0.3 is 6.18 Å². The van der Waals surface area contributed by atoms with E-state index in [0.717, 1.165) is 26.2 Å². The Morgan fingerprint density at radius 2 is 1.97 bits per heavy atom.